The van der Waals surface area contributed by atoms with Gasteiger partial charge in [-0.15, -0.1) is 0 Å². The van der Waals surface area contributed by atoms with Gasteiger partial charge in [-0.3, -0.25) is 14.5 Å². The van der Waals surface area contributed by atoms with Gasteiger partial charge >= 0.3 is 6.03 Å². The third-order valence-corrected chi connectivity index (χ3v) is 6.24. The van der Waals surface area contributed by atoms with Crippen LogP contribution < -0.4 is 5.32 Å². The molecule has 0 radical (unpaired) electrons. The molecule has 6 heteroatoms. The first-order valence-electron chi connectivity index (χ1n) is 9.93. The van der Waals surface area contributed by atoms with Gasteiger partial charge in [-0.1, -0.05) is 38.5 Å². The summed E-state index contributed by atoms with van der Waals surface area (Å²) in [6.45, 7) is 0.344. The van der Waals surface area contributed by atoms with Gasteiger partial charge in [0, 0.05) is 26.1 Å². The molecule has 140 valence electrons. The Morgan fingerprint density at radius 2 is 1.76 bits per heavy atom. The van der Waals surface area contributed by atoms with Crippen molar-refractivity contribution in [2.45, 2.75) is 88.6 Å². The lowest BCUT2D eigenvalue weighted by Crippen LogP contribution is -2.44. The second-order valence-corrected chi connectivity index (χ2v) is 7.93. The van der Waals surface area contributed by atoms with Crippen LogP contribution in [0.15, 0.2) is 0 Å². The highest BCUT2D eigenvalue weighted by Gasteiger charge is 2.52. The molecule has 0 aromatic carbocycles. The van der Waals surface area contributed by atoms with Crippen LogP contribution in [-0.2, 0) is 9.59 Å². The number of urea groups is 1. The van der Waals surface area contributed by atoms with Crippen LogP contribution in [0.4, 0.5) is 4.79 Å². The summed E-state index contributed by atoms with van der Waals surface area (Å²) in [6, 6.07) is 0.0740. The fourth-order valence-corrected chi connectivity index (χ4v) is 4.61. The van der Waals surface area contributed by atoms with E-state index in [9.17, 15) is 14.4 Å². The van der Waals surface area contributed by atoms with Crippen LogP contribution in [0, 0.1) is 0 Å². The second kappa shape index (κ2) is 7.75. The van der Waals surface area contributed by atoms with Crippen LogP contribution >= 0.6 is 0 Å². The summed E-state index contributed by atoms with van der Waals surface area (Å²) in [5.41, 5.74) is -0.641. The Kier molecular flexibility index (Phi) is 5.64. The summed E-state index contributed by atoms with van der Waals surface area (Å²) < 4.78 is 0. The fourth-order valence-electron chi connectivity index (χ4n) is 4.61. The maximum atomic E-state index is 12.6. The number of hydrogen-bond donors (Lipinski definition) is 1. The SMILES string of the molecule is CN(C(=O)CCCN1C(=O)NC2(CCCC2)C1=O)C1CCCCCC1. The molecule has 25 heavy (non-hydrogen) atoms. The number of rotatable bonds is 5. The zero-order chi connectivity index (χ0) is 17.9. The van der Waals surface area contributed by atoms with Crippen molar-refractivity contribution in [3.05, 3.63) is 0 Å². The third-order valence-electron chi connectivity index (χ3n) is 6.24. The molecule has 2 saturated carbocycles. The van der Waals surface area contributed by atoms with Gasteiger partial charge in [-0.2, -0.15) is 0 Å². The van der Waals surface area contributed by atoms with E-state index >= 15 is 0 Å². The van der Waals surface area contributed by atoms with Crippen molar-refractivity contribution in [2.75, 3.05) is 13.6 Å². The van der Waals surface area contributed by atoms with Gasteiger partial charge in [-0.25, -0.2) is 4.79 Å². The van der Waals surface area contributed by atoms with E-state index in [2.05, 4.69) is 5.32 Å². The minimum atomic E-state index is -0.641. The predicted octanol–water partition coefficient (Wildman–Crippen LogP) is 2.81. The number of hydrogen-bond acceptors (Lipinski definition) is 3. The molecule has 3 fully saturated rings. The molecule has 0 unspecified atom stereocenters. The molecule has 1 saturated heterocycles. The second-order valence-electron chi connectivity index (χ2n) is 7.93. The Morgan fingerprint density at radius 3 is 2.40 bits per heavy atom. The van der Waals surface area contributed by atoms with Gasteiger partial charge in [0.2, 0.25) is 5.91 Å². The molecule has 1 N–H and O–H groups in total. The van der Waals surface area contributed by atoms with E-state index in [-0.39, 0.29) is 17.8 Å². The number of carbonyl (C=O) groups is 3. The first kappa shape index (κ1) is 18.2. The van der Waals surface area contributed by atoms with E-state index in [1.54, 1.807) is 0 Å². The summed E-state index contributed by atoms with van der Waals surface area (Å²) in [6.07, 6.45) is 11.6. The van der Waals surface area contributed by atoms with Crippen molar-refractivity contribution in [3.8, 4) is 0 Å². The number of carbonyl (C=O) groups excluding carboxylic acids is 3. The Morgan fingerprint density at radius 1 is 1.12 bits per heavy atom. The highest BCUT2D eigenvalue weighted by Crippen LogP contribution is 2.35. The topological polar surface area (TPSA) is 69.7 Å². The zero-order valence-electron chi connectivity index (χ0n) is 15.4. The highest BCUT2D eigenvalue weighted by molar-refractivity contribution is 6.07. The number of nitrogens with one attached hydrogen (secondary N) is 1. The molecule has 0 aromatic rings. The van der Waals surface area contributed by atoms with Crippen LogP contribution in [-0.4, -0.2) is 52.8 Å². The van der Waals surface area contributed by atoms with E-state index in [0.717, 1.165) is 38.5 Å². The standard InChI is InChI=1S/C19H31N3O3/c1-21(15-9-4-2-3-5-10-15)16(23)11-8-14-22-17(24)19(20-18(22)25)12-6-7-13-19/h15H,2-14H2,1H3,(H,20,25). The first-order chi connectivity index (χ1) is 12.0. The maximum Gasteiger partial charge on any atom is 0.325 e. The Labute approximate surface area is 150 Å². The largest absolute Gasteiger partial charge is 0.343 e. The monoisotopic (exact) mass is 349 g/mol. The minimum Gasteiger partial charge on any atom is -0.343 e. The smallest absolute Gasteiger partial charge is 0.325 e. The van der Waals surface area contributed by atoms with E-state index < -0.39 is 5.54 Å². The normalized spacial score (nSPS) is 23.8. The van der Waals surface area contributed by atoms with Gasteiger partial charge in [0.1, 0.15) is 5.54 Å². The van der Waals surface area contributed by atoms with Crippen LogP contribution in [0.3, 0.4) is 0 Å². The van der Waals surface area contributed by atoms with Crippen LogP contribution in [0.2, 0.25) is 0 Å². The molecule has 4 amide bonds. The third kappa shape index (κ3) is 3.82. The Balaban J connectivity index is 1.46. The van der Waals surface area contributed by atoms with Crippen molar-refractivity contribution in [1.29, 1.82) is 0 Å². The number of amides is 4. The van der Waals surface area contributed by atoms with Crippen LogP contribution in [0.5, 0.6) is 0 Å². The van der Waals surface area contributed by atoms with Gasteiger partial charge in [-0.05, 0) is 32.1 Å². The quantitative estimate of drug-likeness (QED) is 0.613. The summed E-state index contributed by atoms with van der Waals surface area (Å²) in [5, 5.41) is 2.89. The van der Waals surface area contributed by atoms with E-state index in [4.69, 9.17) is 0 Å². The van der Waals surface area contributed by atoms with Crippen molar-refractivity contribution in [2.24, 2.45) is 0 Å². The molecule has 1 spiro atoms. The molecule has 1 aliphatic heterocycles. The minimum absolute atomic E-state index is 0.0837. The lowest BCUT2D eigenvalue weighted by molar-refractivity contribution is -0.134. The fraction of sp³-hybridized carbons (Fsp3) is 0.842. The molecule has 3 rings (SSSR count). The van der Waals surface area contributed by atoms with Gasteiger partial charge in [0.25, 0.3) is 5.91 Å². The Hall–Kier alpha value is -1.59. The van der Waals surface area contributed by atoms with E-state index in [1.165, 1.54) is 30.6 Å². The van der Waals surface area contributed by atoms with Crippen LogP contribution in [0.1, 0.15) is 77.0 Å². The lowest BCUT2D eigenvalue weighted by atomic mass is 9.98. The molecule has 0 bridgehead atoms. The van der Waals surface area contributed by atoms with Gasteiger partial charge in [0.15, 0.2) is 0 Å². The molecule has 6 nitrogen and oxygen atoms in total. The molecule has 1 heterocycles. The summed E-state index contributed by atoms with van der Waals surface area (Å²) in [7, 11) is 1.90. The molecule has 2 aliphatic carbocycles. The number of imide groups is 1. The van der Waals surface area contributed by atoms with Crippen molar-refractivity contribution < 1.29 is 14.4 Å². The molecule has 0 aromatic heterocycles. The van der Waals surface area contributed by atoms with Gasteiger partial charge < -0.3 is 10.2 Å². The van der Waals surface area contributed by atoms with E-state index in [0.29, 0.717) is 25.4 Å². The molecular weight excluding hydrogens is 318 g/mol. The highest BCUT2D eigenvalue weighted by atomic mass is 16.2. The molecule has 0 atom stereocenters. The van der Waals surface area contributed by atoms with Crippen LogP contribution in [0.25, 0.3) is 0 Å². The zero-order valence-corrected chi connectivity index (χ0v) is 15.4. The molecular formula is C19H31N3O3. The number of nitrogens with zero attached hydrogens (tertiary/aromatic N) is 2. The van der Waals surface area contributed by atoms with Crippen molar-refractivity contribution in [3.63, 3.8) is 0 Å². The summed E-state index contributed by atoms with van der Waals surface area (Å²) in [4.78, 5) is 40.4. The Bertz CT molecular complexity index is 520. The van der Waals surface area contributed by atoms with Gasteiger partial charge in [0.05, 0.1) is 0 Å². The van der Waals surface area contributed by atoms with Crippen molar-refractivity contribution in [1.82, 2.24) is 15.1 Å². The molecule has 3 aliphatic rings. The predicted molar refractivity (Wildman–Crippen MR) is 94.9 cm³/mol. The maximum absolute atomic E-state index is 12.6. The summed E-state index contributed by atoms with van der Waals surface area (Å²) in [5.74, 6) is 0.0501. The van der Waals surface area contributed by atoms with Crippen molar-refractivity contribution >= 4 is 17.8 Å². The summed E-state index contributed by atoms with van der Waals surface area (Å²) >= 11 is 0. The lowest BCUT2D eigenvalue weighted by Gasteiger charge is -2.27. The average Bonchev–Trinajstić information content (AvgIpc) is 3.02. The van der Waals surface area contributed by atoms with E-state index in [1.807, 2.05) is 11.9 Å². The average molecular weight is 349 g/mol. The first-order valence-corrected chi connectivity index (χ1v) is 9.93.